The number of nitrogens with one attached hydrogen (secondary N) is 1. The fourth-order valence-electron chi connectivity index (χ4n) is 3.44. The van der Waals surface area contributed by atoms with E-state index >= 15 is 0 Å². The van der Waals surface area contributed by atoms with Crippen LogP contribution in [0, 0.1) is 18.3 Å². The number of fused-ring (bicyclic) bond motifs is 2. The minimum Gasteiger partial charge on any atom is -0.464 e. The van der Waals surface area contributed by atoms with Gasteiger partial charge in [-0.3, -0.25) is 4.79 Å². The molecular weight excluding hydrogens is 332 g/mol. The monoisotopic (exact) mass is 350 g/mol. The molecule has 2 heterocycles. The van der Waals surface area contributed by atoms with Gasteiger partial charge in [0.25, 0.3) is 0 Å². The number of rotatable bonds is 3. The summed E-state index contributed by atoms with van der Waals surface area (Å²) in [5.41, 5.74) is 4.58. The van der Waals surface area contributed by atoms with Crippen LogP contribution in [0.2, 0.25) is 0 Å². The first kappa shape index (κ1) is 15.9. The van der Waals surface area contributed by atoms with E-state index < -0.39 is 0 Å². The van der Waals surface area contributed by atoms with Crippen LogP contribution in [-0.2, 0) is 24.1 Å². The topological polar surface area (TPSA) is 66.0 Å². The summed E-state index contributed by atoms with van der Waals surface area (Å²) in [5, 5.41) is 14.1. The molecule has 1 aliphatic carbocycles. The number of nitriles is 1. The maximum Gasteiger partial charge on any atom is 0.229 e. The maximum atomic E-state index is 12.5. The number of nitrogens with zero attached hydrogens (tertiary/aromatic N) is 1. The second kappa shape index (κ2) is 6.38. The van der Waals surface area contributed by atoms with Crippen molar-refractivity contribution in [3.8, 4) is 6.07 Å². The largest absolute Gasteiger partial charge is 0.464 e. The minimum atomic E-state index is -0.113. The second-order valence-corrected chi connectivity index (χ2v) is 7.62. The summed E-state index contributed by atoms with van der Waals surface area (Å²) in [4.78, 5) is 13.8. The van der Waals surface area contributed by atoms with Gasteiger partial charge in [-0.2, -0.15) is 5.26 Å². The van der Waals surface area contributed by atoms with Gasteiger partial charge in [-0.25, -0.2) is 0 Å². The molecule has 0 saturated carbocycles. The fourth-order valence-corrected chi connectivity index (χ4v) is 4.70. The van der Waals surface area contributed by atoms with E-state index in [1.165, 1.54) is 4.88 Å². The molecule has 0 atom stereocenters. The summed E-state index contributed by atoms with van der Waals surface area (Å²) in [6.07, 6.45) is 6.11. The lowest BCUT2D eigenvalue weighted by molar-refractivity contribution is -0.115. The van der Waals surface area contributed by atoms with Gasteiger partial charge in [0.15, 0.2) is 0 Å². The van der Waals surface area contributed by atoms with E-state index in [9.17, 15) is 10.1 Å². The molecule has 0 saturated heterocycles. The molecule has 0 spiro atoms. The normalized spacial score (nSPS) is 13.4. The Hall–Kier alpha value is -2.58. The Morgan fingerprint density at radius 1 is 1.36 bits per heavy atom. The van der Waals surface area contributed by atoms with E-state index in [4.69, 9.17) is 4.42 Å². The van der Waals surface area contributed by atoms with Crippen molar-refractivity contribution in [2.75, 3.05) is 5.32 Å². The van der Waals surface area contributed by atoms with E-state index in [1.54, 1.807) is 17.6 Å². The van der Waals surface area contributed by atoms with Crippen molar-refractivity contribution in [2.45, 2.75) is 39.0 Å². The van der Waals surface area contributed by atoms with Gasteiger partial charge in [0.2, 0.25) is 5.91 Å². The fraction of sp³-hybridized carbons (Fsp3) is 0.300. The molecule has 4 rings (SSSR count). The molecule has 0 fully saturated rings. The zero-order valence-corrected chi connectivity index (χ0v) is 14.8. The van der Waals surface area contributed by atoms with E-state index in [1.807, 2.05) is 25.1 Å². The summed E-state index contributed by atoms with van der Waals surface area (Å²) < 4.78 is 5.56. The van der Waals surface area contributed by atoms with Crippen molar-refractivity contribution in [2.24, 2.45) is 0 Å². The quantitative estimate of drug-likeness (QED) is 0.742. The number of carbonyl (C=O) groups excluding carboxylic acids is 1. The standard InChI is InChI=1S/C20H18N2O2S/c1-12-6-7-14-13(11-24-17(14)8-12)9-19(23)22-20-16(10-21)15-4-2-3-5-18(15)25-20/h6-8,11H,2-5,9H2,1H3,(H,22,23). The van der Waals surface area contributed by atoms with Crippen LogP contribution in [-0.4, -0.2) is 5.91 Å². The van der Waals surface area contributed by atoms with Crippen LogP contribution in [0.4, 0.5) is 5.00 Å². The highest BCUT2D eigenvalue weighted by Gasteiger charge is 2.22. The van der Waals surface area contributed by atoms with Crippen molar-refractivity contribution in [3.63, 3.8) is 0 Å². The Kier molecular flexibility index (Phi) is 4.06. The van der Waals surface area contributed by atoms with Crippen molar-refractivity contribution in [3.05, 3.63) is 51.6 Å². The maximum absolute atomic E-state index is 12.5. The van der Waals surface area contributed by atoms with Gasteiger partial charge < -0.3 is 9.73 Å². The number of anilines is 1. The zero-order valence-electron chi connectivity index (χ0n) is 14.0. The molecule has 5 heteroatoms. The number of hydrogen-bond donors (Lipinski definition) is 1. The Balaban J connectivity index is 1.56. The Morgan fingerprint density at radius 2 is 2.20 bits per heavy atom. The van der Waals surface area contributed by atoms with Crippen LogP contribution >= 0.6 is 11.3 Å². The van der Waals surface area contributed by atoms with Gasteiger partial charge >= 0.3 is 0 Å². The van der Waals surface area contributed by atoms with Crippen LogP contribution in [0.5, 0.6) is 0 Å². The lowest BCUT2D eigenvalue weighted by Crippen LogP contribution is -2.14. The Morgan fingerprint density at radius 3 is 3.04 bits per heavy atom. The molecule has 2 aromatic heterocycles. The molecule has 1 amide bonds. The number of hydrogen-bond acceptors (Lipinski definition) is 4. The zero-order chi connectivity index (χ0) is 17.4. The number of amides is 1. The molecule has 3 aromatic rings. The third kappa shape index (κ3) is 2.94. The third-order valence-corrected chi connectivity index (χ3v) is 5.91. The lowest BCUT2D eigenvalue weighted by atomic mass is 9.96. The molecule has 1 aliphatic rings. The lowest BCUT2D eigenvalue weighted by Gasteiger charge is -2.09. The van der Waals surface area contributed by atoms with Crippen molar-refractivity contribution < 1.29 is 9.21 Å². The predicted molar refractivity (Wildman–Crippen MR) is 99.0 cm³/mol. The van der Waals surface area contributed by atoms with Crippen molar-refractivity contribution in [1.82, 2.24) is 0 Å². The van der Waals surface area contributed by atoms with Gasteiger partial charge in [-0.1, -0.05) is 12.1 Å². The first-order chi connectivity index (χ1) is 12.2. The summed E-state index contributed by atoms with van der Waals surface area (Å²) >= 11 is 1.56. The van der Waals surface area contributed by atoms with Crippen LogP contribution < -0.4 is 5.32 Å². The molecule has 0 unspecified atom stereocenters. The number of benzene rings is 1. The van der Waals surface area contributed by atoms with Crippen LogP contribution in [0.25, 0.3) is 11.0 Å². The molecule has 1 aromatic carbocycles. The van der Waals surface area contributed by atoms with Crippen LogP contribution in [0.1, 0.15) is 40.0 Å². The van der Waals surface area contributed by atoms with E-state index in [2.05, 4.69) is 11.4 Å². The number of aryl methyl sites for hydroxylation is 2. The number of carbonyl (C=O) groups is 1. The minimum absolute atomic E-state index is 0.113. The SMILES string of the molecule is Cc1ccc2c(CC(=O)Nc3sc4c(c3C#N)CCCC4)coc2c1. The molecule has 126 valence electrons. The van der Waals surface area contributed by atoms with E-state index in [-0.39, 0.29) is 12.3 Å². The van der Waals surface area contributed by atoms with Crippen molar-refractivity contribution in [1.29, 1.82) is 5.26 Å². The average Bonchev–Trinajstić information content (AvgIpc) is 3.15. The number of furan rings is 1. The molecule has 4 nitrogen and oxygen atoms in total. The molecular formula is C20H18N2O2S. The van der Waals surface area contributed by atoms with Gasteiger partial charge in [-0.15, -0.1) is 11.3 Å². The van der Waals surface area contributed by atoms with E-state index in [0.717, 1.165) is 53.3 Å². The Labute approximate surface area is 150 Å². The summed E-state index contributed by atoms with van der Waals surface area (Å²) in [6.45, 7) is 2.01. The summed E-state index contributed by atoms with van der Waals surface area (Å²) in [5.74, 6) is -0.113. The molecule has 0 aliphatic heterocycles. The van der Waals surface area contributed by atoms with Crippen LogP contribution in [0.3, 0.4) is 0 Å². The number of thiophene rings is 1. The van der Waals surface area contributed by atoms with Crippen molar-refractivity contribution >= 4 is 33.2 Å². The first-order valence-electron chi connectivity index (χ1n) is 8.47. The molecule has 25 heavy (non-hydrogen) atoms. The summed E-state index contributed by atoms with van der Waals surface area (Å²) in [7, 11) is 0. The molecule has 1 N–H and O–H groups in total. The smallest absolute Gasteiger partial charge is 0.229 e. The highest BCUT2D eigenvalue weighted by molar-refractivity contribution is 7.16. The van der Waals surface area contributed by atoms with Gasteiger partial charge in [0.05, 0.1) is 18.2 Å². The first-order valence-corrected chi connectivity index (χ1v) is 9.28. The summed E-state index contributed by atoms with van der Waals surface area (Å²) in [6, 6.07) is 8.25. The predicted octanol–water partition coefficient (Wildman–Crippen LogP) is 4.73. The van der Waals surface area contributed by atoms with E-state index in [0.29, 0.717) is 10.6 Å². The molecule has 0 bridgehead atoms. The van der Waals surface area contributed by atoms with Gasteiger partial charge in [0.1, 0.15) is 16.7 Å². The Bertz CT molecular complexity index is 1010. The highest BCUT2D eigenvalue weighted by atomic mass is 32.1. The highest BCUT2D eigenvalue weighted by Crippen LogP contribution is 2.37. The van der Waals surface area contributed by atoms with Gasteiger partial charge in [0, 0.05) is 15.8 Å². The average molecular weight is 350 g/mol. The molecule has 0 radical (unpaired) electrons. The van der Waals surface area contributed by atoms with Crippen LogP contribution in [0.15, 0.2) is 28.9 Å². The second-order valence-electron chi connectivity index (χ2n) is 6.51. The third-order valence-electron chi connectivity index (χ3n) is 4.70. The van der Waals surface area contributed by atoms with Gasteiger partial charge in [-0.05, 0) is 49.8 Å².